The second kappa shape index (κ2) is 9.87. The number of carboxylic acid groups (broad SMARTS) is 1. The number of ether oxygens (including phenoxy) is 1. The first-order valence-corrected chi connectivity index (χ1v) is 11.9. The van der Waals surface area contributed by atoms with E-state index < -0.39 is 23.6 Å². The van der Waals surface area contributed by atoms with Gasteiger partial charge in [-0.3, -0.25) is 4.79 Å². The highest BCUT2D eigenvalue weighted by molar-refractivity contribution is 5.84. The lowest BCUT2D eigenvalue weighted by Crippen LogP contribution is -2.49. The number of likely N-dealkylation sites (tertiary alicyclic amines) is 1. The van der Waals surface area contributed by atoms with Crippen molar-refractivity contribution in [1.82, 2.24) is 10.2 Å². The van der Waals surface area contributed by atoms with Gasteiger partial charge < -0.3 is 20.1 Å². The number of benzene rings is 2. The fourth-order valence-corrected chi connectivity index (χ4v) is 5.02. The number of rotatable bonds is 7. The Labute approximate surface area is 200 Å². The van der Waals surface area contributed by atoms with Crippen LogP contribution in [0.25, 0.3) is 11.1 Å². The van der Waals surface area contributed by atoms with E-state index in [1.807, 2.05) is 38.1 Å². The molecule has 180 valence electrons. The van der Waals surface area contributed by atoms with E-state index in [-0.39, 0.29) is 24.9 Å². The molecule has 0 spiro atoms. The van der Waals surface area contributed by atoms with Gasteiger partial charge in [-0.15, -0.1) is 0 Å². The van der Waals surface area contributed by atoms with Crippen molar-refractivity contribution < 1.29 is 24.2 Å². The molecular formula is C27H32N2O5. The van der Waals surface area contributed by atoms with E-state index in [1.54, 1.807) is 0 Å². The number of nitrogens with zero attached hydrogens (tertiary/aromatic N) is 1. The normalized spacial score (nSPS) is 17.6. The van der Waals surface area contributed by atoms with E-state index in [9.17, 15) is 19.5 Å². The standard InChI is InChI=1S/C27H32N2O5/c1-27(2,15-14-24(30)29-16-8-7-13-23(29)25(31)32)28-26(33)34-17-22-20-11-5-3-9-18(20)19-10-4-6-12-21(19)22/h3-6,9-12,22-23H,7-8,13-17H2,1-2H3,(H,28,33)(H,31,32)/t23-/m1/s1. The molecule has 0 unspecified atom stereocenters. The number of alkyl carbamates (subject to hydrolysis) is 1. The van der Waals surface area contributed by atoms with Crippen LogP contribution in [0.3, 0.4) is 0 Å². The van der Waals surface area contributed by atoms with Crippen molar-refractivity contribution in [2.24, 2.45) is 0 Å². The van der Waals surface area contributed by atoms with Gasteiger partial charge >= 0.3 is 12.1 Å². The van der Waals surface area contributed by atoms with Crippen molar-refractivity contribution in [3.05, 3.63) is 59.7 Å². The van der Waals surface area contributed by atoms with Gasteiger partial charge in [0.15, 0.2) is 0 Å². The van der Waals surface area contributed by atoms with Gasteiger partial charge in [-0.2, -0.15) is 0 Å². The molecule has 1 saturated heterocycles. The predicted octanol–water partition coefficient (Wildman–Crippen LogP) is 4.55. The summed E-state index contributed by atoms with van der Waals surface area (Å²) in [5.41, 5.74) is 3.96. The Hall–Kier alpha value is -3.35. The van der Waals surface area contributed by atoms with Crippen LogP contribution in [0.15, 0.2) is 48.5 Å². The molecule has 0 bridgehead atoms. The summed E-state index contributed by atoms with van der Waals surface area (Å²) >= 11 is 0. The summed E-state index contributed by atoms with van der Waals surface area (Å²) in [4.78, 5) is 38.3. The molecule has 1 atom stereocenters. The highest BCUT2D eigenvalue weighted by atomic mass is 16.5. The molecule has 0 aromatic heterocycles. The molecule has 2 aromatic carbocycles. The van der Waals surface area contributed by atoms with Gasteiger partial charge in [0.2, 0.25) is 5.91 Å². The van der Waals surface area contributed by atoms with Gasteiger partial charge in [0, 0.05) is 24.4 Å². The summed E-state index contributed by atoms with van der Waals surface area (Å²) in [6, 6.07) is 15.6. The minimum atomic E-state index is -0.955. The van der Waals surface area contributed by atoms with Crippen LogP contribution in [-0.4, -0.2) is 52.7 Å². The average Bonchev–Trinajstić information content (AvgIpc) is 3.14. The predicted molar refractivity (Wildman–Crippen MR) is 129 cm³/mol. The van der Waals surface area contributed by atoms with E-state index in [1.165, 1.54) is 16.0 Å². The zero-order chi connectivity index (χ0) is 24.3. The summed E-state index contributed by atoms with van der Waals surface area (Å²) < 4.78 is 5.62. The Morgan fingerprint density at radius 2 is 1.65 bits per heavy atom. The molecule has 1 aliphatic carbocycles. The Balaban J connectivity index is 1.31. The smallest absolute Gasteiger partial charge is 0.407 e. The van der Waals surface area contributed by atoms with Crippen LogP contribution in [0.4, 0.5) is 4.79 Å². The average molecular weight is 465 g/mol. The lowest BCUT2D eigenvalue weighted by atomic mass is 9.96. The van der Waals surface area contributed by atoms with Crippen molar-refractivity contribution >= 4 is 18.0 Å². The molecular weight excluding hydrogens is 432 g/mol. The number of fused-ring (bicyclic) bond motifs is 3. The summed E-state index contributed by atoms with van der Waals surface area (Å²) in [6.45, 7) is 4.37. The number of hydrogen-bond donors (Lipinski definition) is 2. The molecule has 34 heavy (non-hydrogen) atoms. The monoisotopic (exact) mass is 464 g/mol. The number of hydrogen-bond acceptors (Lipinski definition) is 4. The molecule has 2 amide bonds. The molecule has 7 heteroatoms. The van der Waals surface area contributed by atoms with Crippen LogP contribution < -0.4 is 5.32 Å². The van der Waals surface area contributed by atoms with Crippen LogP contribution in [0.5, 0.6) is 0 Å². The van der Waals surface area contributed by atoms with Crippen LogP contribution in [0.2, 0.25) is 0 Å². The number of amides is 2. The first-order valence-electron chi connectivity index (χ1n) is 11.9. The van der Waals surface area contributed by atoms with Crippen LogP contribution in [-0.2, 0) is 14.3 Å². The van der Waals surface area contributed by atoms with E-state index >= 15 is 0 Å². The SMILES string of the molecule is CC(C)(CCC(=O)N1CCCC[C@@H]1C(=O)O)NC(=O)OCC1c2ccccc2-c2ccccc21. The Morgan fingerprint density at radius 3 is 2.26 bits per heavy atom. The van der Waals surface area contributed by atoms with Gasteiger partial charge in [0.05, 0.1) is 0 Å². The molecule has 0 saturated carbocycles. The highest BCUT2D eigenvalue weighted by Crippen LogP contribution is 2.44. The number of carboxylic acids is 1. The maximum Gasteiger partial charge on any atom is 0.407 e. The molecule has 2 N–H and O–H groups in total. The van der Waals surface area contributed by atoms with E-state index in [0.29, 0.717) is 19.4 Å². The molecule has 2 aliphatic rings. The van der Waals surface area contributed by atoms with Gasteiger partial charge in [0.25, 0.3) is 0 Å². The van der Waals surface area contributed by atoms with E-state index in [2.05, 4.69) is 29.6 Å². The topological polar surface area (TPSA) is 95.9 Å². The maximum atomic E-state index is 12.7. The number of piperidine rings is 1. The summed E-state index contributed by atoms with van der Waals surface area (Å²) in [5, 5.41) is 12.3. The molecule has 2 aromatic rings. The Morgan fingerprint density at radius 1 is 1.03 bits per heavy atom. The Kier molecular flexibility index (Phi) is 6.91. The quantitative estimate of drug-likeness (QED) is 0.627. The third kappa shape index (κ3) is 5.08. The van der Waals surface area contributed by atoms with E-state index in [4.69, 9.17) is 4.74 Å². The van der Waals surface area contributed by atoms with Gasteiger partial charge in [-0.1, -0.05) is 48.5 Å². The summed E-state index contributed by atoms with van der Waals surface area (Å²) in [6.07, 6.45) is 2.15. The number of nitrogens with one attached hydrogen (secondary N) is 1. The van der Waals surface area contributed by atoms with Crippen molar-refractivity contribution in [2.45, 2.75) is 63.5 Å². The maximum absolute atomic E-state index is 12.7. The molecule has 1 heterocycles. The van der Waals surface area contributed by atoms with Crippen LogP contribution >= 0.6 is 0 Å². The minimum absolute atomic E-state index is 0.0186. The molecule has 1 aliphatic heterocycles. The first kappa shape index (κ1) is 23.8. The second-order valence-electron chi connectivity index (χ2n) is 9.77. The Bertz CT molecular complexity index is 1030. The molecule has 7 nitrogen and oxygen atoms in total. The second-order valence-corrected chi connectivity index (χ2v) is 9.77. The number of aliphatic carboxylic acids is 1. The van der Waals surface area contributed by atoms with Crippen LogP contribution in [0.1, 0.15) is 63.0 Å². The molecule has 0 radical (unpaired) electrons. The highest BCUT2D eigenvalue weighted by Gasteiger charge is 2.33. The lowest BCUT2D eigenvalue weighted by molar-refractivity contribution is -0.152. The fourth-order valence-electron chi connectivity index (χ4n) is 5.02. The largest absolute Gasteiger partial charge is 0.480 e. The first-order chi connectivity index (χ1) is 16.3. The summed E-state index contributed by atoms with van der Waals surface area (Å²) in [7, 11) is 0. The van der Waals surface area contributed by atoms with Crippen molar-refractivity contribution in [1.29, 1.82) is 0 Å². The van der Waals surface area contributed by atoms with Gasteiger partial charge in [-0.25, -0.2) is 9.59 Å². The zero-order valence-electron chi connectivity index (χ0n) is 19.8. The minimum Gasteiger partial charge on any atom is -0.480 e. The number of carbonyl (C=O) groups is 3. The third-order valence-corrected chi connectivity index (χ3v) is 6.86. The lowest BCUT2D eigenvalue weighted by Gasteiger charge is -2.34. The van der Waals surface area contributed by atoms with Crippen molar-refractivity contribution in [3.63, 3.8) is 0 Å². The zero-order valence-corrected chi connectivity index (χ0v) is 19.8. The third-order valence-electron chi connectivity index (χ3n) is 6.86. The fraction of sp³-hybridized carbons (Fsp3) is 0.444. The van der Waals surface area contributed by atoms with Gasteiger partial charge in [0.1, 0.15) is 12.6 Å². The van der Waals surface area contributed by atoms with Gasteiger partial charge in [-0.05, 0) is 61.8 Å². The van der Waals surface area contributed by atoms with Crippen LogP contribution in [0, 0.1) is 0 Å². The van der Waals surface area contributed by atoms with E-state index in [0.717, 1.165) is 24.0 Å². The van der Waals surface area contributed by atoms with Crippen molar-refractivity contribution in [2.75, 3.05) is 13.2 Å². The summed E-state index contributed by atoms with van der Waals surface area (Å²) in [5.74, 6) is -1.16. The van der Waals surface area contributed by atoms with Crippen molar-refractivity contribution in [3.8, 4) is 11.1 Å². The molecule has 4 rings (SSSR count). The number of carbonyl (C=O) groups excluding carboxylic acids is 2. The molecule has 1 fully saturated rings.